The molecular weight excluding hydrogens is 190 g/mol. The van der Waals surface area contributed by atoms with Crippen molar-refractivity contribution < 1.29 is 24.9 Å². The highest BCUT2D eigenvalue weighted by Crippen LogP contribution is 2.04. The normalized spacial score (nSPS) is 12.8. The average Bonchev–Trinajstić information content (AvgIpc) is 2.10. The first-order valence-electron chi connectivity index (χ1n) is 4.32. The second-order valence-corrected chi connectivity index (χ2v) is 2.80. The molecule has 0 amide bonds. The van der Waals surface area contributed by atoms with Gasteiger partial charge in [-0.3, -0.25) is 14.5 Å². The Bertz CT molecular complexity index is 206. The molecule has 3 N–H and O–H groups in total. The van der Waals surface area contributed by atoms with Crippen molar-refractivity contribution in [1.29, 1.82) is 0 Å². The Hall–Kier alpha value is -1.14. The fourth-order valence-electron chi connectivity index (χ4n) is 1.20. The third kappa shape index (κ3) is 4.20. The first-order valence-corrected chi connectivity index (χ1v) is 4.32. The zero-order valence-electron chi connectivity index (χ0n) is 8.01. The van der Waals surface area contributed by atoms with Gasteiger partial charge in [0, 0.05) is 6.54 Å². The number of hydrogen-bond acceptors (Lipinski definition) is 4. The predicted octanol–water partition coefficient (Wildman–Crippen LogP) is -0.772. The Labute approximate surface area is 81.8 Å². The highest BCUT2D eigenvalue weighted by atomic mass is 16.4. The van der Waals surface area contributed by atoms with Crippen molar-refractivity contribution >= 4 is 11.9 Å². The molecular formula is C8H15NO5. The van der Waals surface area contributed by atoms with E-state index in [9.17, 15) is 9.59 Å². The molecule has 0 saturated carbocycles. The number of carboxylic acids is 2. The van der Waals surface area contributed by atoms with E-state index in [-0.39, 0.29) is 13.2 Å². The number of aliphatic carboxylic acids is 2. The van der Waals surface area contributed by atoms with Crippen LogP contribution in [0, 0.1) is 0 Å². The highest BCUT2D eigenvalue weighted by molar-refractivity contribution is 5.80. The predicted molar refractivity (Wildman–Crippen MR) is 48.0 cm³/mol. The molecule has 0 saturated heterocycles. The summed E-state index contributed by atoms with van der Waals surface area (Å²) in [6, 6.07) is -1.07. The Morgan fingerprint density at radius 1 is 1.36 bits per heavy atom. The van der Waals surface area contributed by atoms with Gasteiger partial charge in [0.15, 0.2) is 0 Å². The molecule has 0 aliphatic rings. The molecule has 1 unspecified atom stereocenters. The summed E-state index contributed by atoms with van der Waals surface area (Å²) >= 11 is 0. The molecule has 6 nitrogen and oxygen atoms in total. The van der Waals surface area contributed by atoms with Gasteiger partial charge in [-0.05, 0) is 6.54 Å². The lowest BCUT2D eigenvalue weighted by atomic mass is 10.2. The van der Waals surface area contributed by atoms with Crippen LogP contribution in [0.1, 0.15) is 13.3 Å². The van der Waals surface area contributed by atoms with Crippen LogP contribution >= 0.6 is 0 Å². The van der Waals surface area contributed by atoms with Crippen molar-refractivity contribution in [3.8, 4) is 0 Å². The molecule has 0 aromatic rings. The van der Waals surface area contributed by atoms with Crippen LogP contribution in [-0.4, -0.2) is 57.9 Å². The number of aliphatic hydroxyl groups excluding tert-OH is 1. The van der Waals surface area contributed by atoms with E-state index in [2.05, 4.69) is 0 Å². The summed E-state index contributed by atoms with van der Waals surface area (Å²) in [6.07, 6.45) is -0.455. The molecule has 0 aliphatic carbocycles. The van der Waals surface area contributed by atoms with Crippen LogP contribution in [0.25, 0.3) is 0 Å². The smallest absolute Gasteiger partial charge is 0.321 e. The first kappa shape index (κ1) is 12.9. The van der Waals surface area contributed by atoms with Gasteiger partial charge in [-0.1, -0.05) is 6.92 Å². The molecule has 0 aromatic carbocycles. The van der Waals surface area contributed by atoms with E-state index in [0.29, 0.717) is 6.54 Å². The van der Waals surface area contributed by atoms with E-state index in [0.717, 1.165) is 0 Å². The van der Waals surface area contributed by atoms with Crippen LogP contribution in [0.3, 0.4) is 0 Å². The summed E-state index contributed by atoms with van der Waals surface area (Å²) in [5.74, 6) is -2.34. The van der Waals surface area contributed by atoms with E-state index in [1.807, 2.05) is 0 Å². The summed E-state index contributed by atoms with van der Waals surface area (Å²) in [4.78, 5) is 22.5. The van der Waals surface area contributed by atoms with Gasteiger partial charge >= 0.3 is 11.9 Å². The summed E-state index contributed by atoms with van der Waals surface area (Å²) < 4.78 is 0. The molecule has 1 atom stereocenters. The van der Waals surface area contributed by atoms with E-state index in [1.54, 1.807) is 6.92 Å². The van der Waals surface area contributed by atoms with Crippen molar-refractivity contribution in [2.45, 2.75) is 19.4 Å². The molecule has 6 heteroatoms. The second kappa shape index (κ2) is 6.33. The van der Waals surface area contributed by atoms with Crippen molar-refractivity contribution in [3.05, 3.63) is 0 Å². The first-order chi connectivity index (χ1) is 6.52. The maximum atomic E-state index is 10.7. The number of aliphatic hydroxyl groups is 1. The van der Waals surface area contributed by atoms with Gasteiger partial charge in [0.25, 0.3) is 0 Å². The number of nitrogens with zero attached hydrogens (tertiary/aromatic N) is 1. The van der Waals surface area contributed by atoms with Crippen LogP contribution in [0.5, 0.6) is 0 Å². The van der Waals surface area contributed by atoms with Crippen molar-refractivity contribution in [1.82, 2.24) is 4.90 Å². The highest BCUT2D eigenvalue weighted by Gasteiger charge is 2.26. The molecule has 0 spiro atoms. The third-order valence-electron chi connectivity index (χ3n) is 1.89. The Balaban J connectivity index is 4.42. The average molecular weight is 205 g/mol. The molecule has 0 bridgehead atoms. The van der Waals surface area contributed by atoms with Gasteiger partial charge in [-0.15, -0.1) is 0 Å². The molecule has 0 fully saturated rings. The lowest BCUT2D eigenvalue weighted by Crippen LogP contribution is -2.43. The zero-order chi connectivity index (χ0) is 11.1. The van der Waals surface area contributed by atoms with Gasteiger partial charge in [-0.2, -0.15) is 0 Å². The number of rotatable bonds is 7. The number of carboxylic acid groups (broad SMARTS) is 2. The van der Waals surface area contributed by atoms with Gasteiger partial charge in [0.1, 0.15) is 6.04 Å². The van der Waals surface area contributed by atoms with Crippen LogP contribution in [0.15, 0.2) is 0 Å². The minimum absolute atomic E-state index is 0.167. The molecule has 0 rings (SSSR count). The lowest BCUT2D eigenvalue weighted by Gasteiger charge is -2.25. The summed E-state index contributed by atoms with van der Waals surface area (Å²) in [5, 5.41) is 25.9. The summed E-state index contributed by atoms with van der Waals surface area (Å²) in [5.41, 5.74) is 0. The van der Waals surface area contributed by atoms with Gasteiger partial charge in [-0.25, -0.2) is 0 Å². The molecule has 0 aromatic heterocycles. The fourth-order valence-corrected chi connectivity index (χ4v) is 1.20. The third-order valence-corrected chi connectivity index (χ3v) is 1.89. The molecule has 0 heterocycles. The number of likely N-dealkylation sites (N-methyl/N-ethyl adjacent to an activating group) is 1. The molecule has 82 valence electrons. The second-order valence-electron chi connectivity index (χ2n) is 2.80. The molecule has 0 radical (unpaired) electrons. The molecule has 14 heavy (non-hydrogen) atoms. The van der Waals surface area contributed by atoms with Gasteiger partial charge in [0.05, 0.1) is 13.0 Å². The van der Waals surface area contributed by atoms with Gasteiger partial charge in [0.2, 0.25) is 0 Å². The minimum Gasteiger partial charge on any atom is -0.481 e. The lowest BCUT2D eigenvalue weighted by molar-refractivity contribution is -0.149. The van der Waals surface area contributed by atoms with E-state index in [1.165, 1.54) is 4.90 Å². The fraction of sp³-hybridized carbons (Fsp3) is 0.750. The van der Waals surface area contributed by atoms with Crippen LogP contribution in [-0.2, 0) is 9.59 Å². The maximum Gasteiger partial charge on any atom is 0.321 e. The Morgan fingerprint density at radius 2 is 1.93 bits per heavy atom. The van der Waals surface area contributed by atoms with E-state index < -0.39 is 24.4 Å². The summed E-state index contributed by atoms with van der Waals surface area (Å²) in [6.45, 7) is 2.09. The van der Waals surface area contributed by atoms with Crippen molar-refractivity contribution in [3.63, 3.8) is 0 Å². The zero-order valence-corrected chi connectivity index (χ0v) is 8.01. The van der Waals surface area contributed by atoms with Gasteiger partial charge < -0.3 is 15.3 Å². The topological polar surface area (TPSA) is 98.1 Å². The number of hydrogen-bond donors (Lipinski definition) is 3. The molecule has 0 aliphatic heterocycles. The standard InChI is InChI=1S/C8H15NO5/c1-2-9(3-4-10)6(8(13)14)5-7(11)12/h6,10H,2-5H2,1H3,(H,11,12)(H,13,14). The van der Waals surface area contributed by atoms with Crippen LogP contribution < -0.4 is 0 Å². The van der Waals surface area contributed by atoms with Crippen LogP contribution in [0.4, 0.5) is 0 Å². The summed E-state index contributed by atoms with van der Waals surface area (Å²) in [7, 11) is 0. The Kier molecular flexibility index (Phi) is 5.82. The van der Waals surface area contributed by atoms with Crippen molar-refractivity contribution in [2.75, 3.05) is 19.7 Å². The Morgan fingerprint density at radius 3 is 2.21 bits per heavy atom. The maximum absolute atomic E-state index is 10.7. The van der Waals surface area contributed by atoms with E-state index in [4.69, 9.17) is 15.3 Å². The van der Waals surface area contributed by atoms with Crippen LogP contribution in [0.2, 0.25) is 0 Å². The van der Waals surface area contributed by atoms with E-state index >= 15 is 0 Å². The SMILES string of the molecule is CCN(CCO)C(CC(=O)O)C(=O)O. The monoisotopic (exact) mass is 205 g/mol. The quantitative estimate of drug-likeness (QED) is 0.504. The number of carbonyl (C=O) groups is 2. The largest absolute Gasteiger partial charge is 0.481 e. The van der Waals surface area contributed by atoms with Crippen molar-refractivity contribution in [2.24, 2.45) is 0 Å². The minimum atomic E-state index is -1.18.